The maximum atomic E-state index is 12.4. The summed E-state index contributed by atoms with van der Waals surface area (Å²) in [5.41, 5.74) is 2.36. The van der Waals surface area contributed by atoms with Crippen LogP contribution in [0.3, 0.4) is 0 Å². The average molecular weight is 387 g/mol. The smallest absolute Gasteiger partial charge is 0.240 e. The van der Waals surface area contributed by atoms with Crippen molar-refractivity contribution in [3.63, 3.8) is 0 Å². The van der Waals surface area contributed by atoms with Crippen LogP contribution in [0.4, 0.5) is 0 Å². The molecule has 2 heterocycles. The third kappa shape index (κ3) is 4.50. The molecule has 142 valence electrons. The first-order valence-electron chi connectivity index (χ1n) is 8.49. The zero-order chi connectivity index (χ0) is 19.4. The zero-order valence-corrected chi connectivity index (χ0v) is 16.0. The Labute approximate surface area is 157 Å². The molecule has 0 unspecified atom stereocenters. The predicted molar refractivity (Wildman–Crippen MR) is 101 cm³/mol. The molecule has 0 aliphatic heterocycles. The van der Waals surface area contributed by atoms with Gasteiger partial charge in [0.2, 0.25) is 15.9 Å². The van der Waals surface area contributed by atoms with Gasteiger partial charge >= 0.3 is 0 Å². The molecule has 9 heteroatoms. The lowest BCUT2D eigenvalue weighted by atomic mass is 10.2. The van der Waals surface area contributed by atoms with Crippen molar-refractivity contribution < 1.29 is 13.2 Å². The third-order valence-electron chi connectivity index (χ3n) is 4.09. The van der Waals surface area contributed by atoms with Crippen LogP contribution < -0.4 is 10.0 Å². The molecule has 0 bridgehead atoms. The van der Waals surface area contributed by atoms with Crippen molar-refractivity contribution in [2.24, 2.45) is 0 Å². The molecule has 3 aromatic rings. The van der Waals surface area contributed by atoms with Gasteiger partial charge in [-0.25, -0.2) is 13.1 Å². The standard InChI is InChI=1S/C18H21N5O3S/c1-13-6-7-15(14(2)11-13)27(25,26)20-9-8-18(24)19-12-17-22-21-16-5-3-4-10-23(16)17/h3-7,10-11,20H,8-9,12H2,1-2H3,(H,19,24). The fourth-order valence-electron chi connectivity index (χ4n) is 2.76. The SMILES string of the molecule is Cc1ccc(S(=O)(=O)NCCC(=O)NCc2nnc3ccccn23)c(C)c1. The fraction of sp³-hybridized carbons (Fsp3) is 0.278. The van der Waals surface area contributed by atoms with Gasteiger partial charge in [0, 0.05) is 19.2 Å². The van der Waals surface area contributed by atoms with Crippen LogP contribution in [0, 0.1) is 13.8 Å². The van der Waals surface area contributed by atoms with Gasteiger partial charge in [0.1, 0.15) is 0 Å². The summed E-state index contributed by atoms with van der Waals surface area (Å²) in [4.78, 5) is 12.2. The molecule has 0 spiro atoms. The fourth-order valence-corrected chi connectivity index (χ4v) is 4.01. The number of hydrogen-bond acceptors (Lipinski definition) is 5. The van der Waals surface area contributed by atoms with Crippen LogP contribution in [0.25, 0.3) is 5.65 Å². The summed E-state index contributed by atoms with van der Waals surface area (Å²) in [5, 5.41) is 10.8. The van der Waals surface area contributed by atoms with Gasteiger partial charge in [-0.1, -0.05) is 23.8 Å². The summed E-state index contributed by atoms with van der Waals surface area (Å²) in [5.74, 6) is 0.334. The minimum absolute atomic E-state index is 0.0159. The lowest BCUT2D eigenvalue weighted by molar-refractivity contribution is -0.121. The van der Waals surface area contributed by atoms with Crippen molar-refractivity contribution in [2.45, 2.75) is 31.7 Å². The maximum absolute atomic E-state index is 12.4. The summed E-state index contributed by atoms with van der Waals surface area (Å²) in [6, 6.07) is 10.7. The largest absolute Gasteiger partial charge is 0.349 e. The number of nitrogens with zero attached hydrogens (tertiary/aromatic N) is 3. The van der Waals surface area contributed by atoms with Crippen LogP contribution >= 0.6 is 0 Å². The van der Waals surface area contributed by atoms with Crippen molar-refractivity contribution in [3.05, 3.63) is 59.5 Å². The average Bonchev–Trinajstić information content (AvgIpc) is 3.02. The number of aryl methyl sites for hydroxylation is 2. The van der Waals surface area contributed by atoms with Crippen molar-refractivity contribution in [1.29, 1.82) is 0 Å². The van der Waals surface area contributed by atoms with Crippen LogP contribution in [-0.4, -0.2) is 35.5 Å². The molecule has 8 nitrogen and oxygen atoms in total. The molecule has 2 N–H and O–H groups in total. The second kappa shape index (κ2) is 7.85. The van der Waals surface area contributed by atoms with Crippen molar-refractivity contribution in [2.75, 3.05) is 6.54 Å². The van der Waals surface area contributed by atoms with Crippen molar-refractivity contribution >= 4 is 21.6 Å². The van der Waals surface area contributed by atoms with Crippen molar-refractivity contribution in [1.82, 2.24) is 24.6 Å². The molecule has 0 radical (unpaired) electrons. The summed E-state index contributed by atoms with van der Waals surface area (Å²) < 4.78 is 29.0. The van der Waals surface area contributed by atoms with Gasteiger partial charge in [0.05, 0.1) is 11.4 Å². The lowest BCUT2D eigenvalue weighted by Crippen LogP contribution is -2.31. The monoisotopic (exact) mass is 387 g/mol. The minimum Gasteiger partial charge on any atom is -0.349 e. The number of amides is 1. The molecule has 1 aromatic carbocycles. The third-order valence-corrected chi connectivity index (χ3v) is 5.71. The van der Waals surface area contributed by atoms with E-state index >= 15 is 0 Å². The number of sulfonamides is 1. The summed E-state index contributed by atoms with van der Waals surface area (Å²) in [7, 11) is -3.65. The highest BCUT2D eigenvalue weighted by Gasteiger charge is 2.16. The van der Waals surface area contributed by atoms with Crippen LogP contribution in [0.5, 0.6) is 0 Å². The number of hydrogen-bond donors (Lipinski definition) is 2. The second-order valence-corrected chi connectivity index (χ2v) is 7.97. The molecular formula is C18H21N5O3S. The van der Waals surface area contributed by atoms with Crippen LogP contribution in [0.15, 0.2) is 47.5 Å². The molecule has 0 aliphatic carbocycles. The first kappa shape index (κ1) is 19.0. The molecule has 0 fully saturated rings. The van der Waals surface area contributed by atoms with Crippen LogP contribution in [0.2, 0.25) is 0 Å². The number of carbonyl (C=O) groups is 1. The van der Waals surface area contributed by atoms with Gasteiger partial charge in [0.25, 0.3) is 0 Å². The Hall–Kier alpha value is -2.78. The Morgan fingerprint density at radius 1 is 1.15 bits per heavy atom. The minimum atomic E-state index is -3.65. The van der Waals surface area contributed by atoms with E-state index in [0.717, 1.165) is 5.56 Å². The number of pyridine rings is 1. The zero-order valence-electron chi connectivity index (χ0n) is 15.1. The van der Waals surface area contributed by atoms with Gasteiger partial charge in [-0.3, -0.25) is 9.20 Å². The summed E-state index contributed by atoms with van der Waals surface area (Å²) in [6.45, 7) is 3.88. The number of aromatic nitrogens is 3. The first-order valence-corrected chi connectivity index (χ1v) is 9.97. The second-order valence-electron chi connectivity index (χ2n) is 6.24. The van der Waals surface area contributed by atoms with Gasteiger partial charge < -0.3 is 5.32 Å². The Morgan fingerprint density at radius 2 is 1.96 bits per heavy atom. The van der Waals surface area contributed by atoms with Gasteiger partial charge in [-0.15, -0.1) is 10.2 Å². The molecular weight excluding hydrogens is 366 g/mol. The molecule has 0 saturated carbocycles. The number of rotatable bonds is 7. The Kier molecular flexibility index (Phi) is 5.52. The molecule has 0 aliphatic rings. The van der Waals surface area contributed by atoms with E-state index in [1.807, 2.05) is 37.4 Å². The van der Waals surface area contributed by atoms with Crippen LogP contribution in [-0.2, 0) is 21.4 Å². The van der Waals surface area contributed by atoms with Gasteiger partial charge in [-0.05, 0) is 37.6 Å². The Balaban J connectivity index is 1.52. The number of carbonyl (C=O) groups excluding carboxylic acids is 1. The van der Waals surface area contributed by atoms with E-state index in [1.165, 1.54) is 0 Å². The van der Waals surface area contributed by atoms with E-state index in [4.69, 9.17) is 0 Å². The predicted octanol–water partition coefficient (Wildman–Crippen LogP) is 1.33. The van der Waals surface area contributed by atoms with Gasteiger partial charge in [-0.2, -0.15) is 0 Å². The Morgan fingerprint density at radius 3 is 2.74 bits per heavy atom. The molecule has 0 saturated heterocycles. The maximum Gasteiger partial charge on any atom is 0.240 e. The number of fused-ring (bicyclic) bond motifs is 1. The van der Waals surface area contributed by atoms with E-state index in [0.29, 0.717) is 17.0 Å². The molecule has 27 heavy (non-hydrogen) atoms. The summed E-state index contributed by atoms with van der Waals surface area (Å²) in [6.07, 6.45) is 1.84. The molecule has 1 amide bonds. The van der Waals surface area contributed by atoms with Crippen molar-refractivity contribution in [3.8, 4) is 0 Å². The highest BCUT2D eigenvalue weighted by molar-refractivity contribution is 7.89. The highest BCUT2D eigenvalue weighted by atomic mass is 32.2. The molecule has 0 atom stereocenters. The highest BCUT2D eigenvalue weighted by Crippen LogP contribution is 2.16. The normalized spacial score (nSPS) is 11.6. The van der Waals surface area contributed by atoms with E-state index in [9.17, 15) is 13.2 Å². The van der Waals surface area contributed by atoms with E-state index in [-0.39, 0.29) is 30.3 Å². The number of benzene rings is 1. The van der Waals surface area contributed by atoms with E-state index < -0.39 is 10.0 Å². The van der Waals surface area contributed by atoms with E-state index in [2.05, 4.69) is 20.2 Å². The topological polar surface area (TPSA) is 105 Å². The van der Waals surface area contributed by atoms with Gasteiger partial charge in [0.15, 0.2) is 11.5 Å². The Bertz CT molecular complexity index is 1080. The lowest BCUT2D eigenvalue weighted by Gasteiger charge is -2.10. The first-order chi connectivity index (χ1) is 12.9. The summed E-state index contributed by atoms with van der Waals surface area (Å²) >= 11 is 0. The molecule has 3 rings (SSSR count). The molecule has 2 aromatic heterocycles. The quantitative estimate of drug-likeness (QED) is 0.636. The van der Waals surface area contributed by atoms with Crippen LogP contribution in [0.1, 0.15) is 23.4 Å². The van der Waals surface area contributed by atoms with E-state index in [1.54, 1.807) is 23.5 Å². The number of nitrogens with one attached hydrogen (secondary N) is 2.